The summed E-state index contributed by atoms with van der Waals surface area (Å²) in [5.74, 6) is 3.52. The predicted molar refractivity (Wildman–Crippen MR) is 117 cm³/mol. The first-order valence-corrected chi connectivity index (χ1v) is 10.8. The summed E-state index contributed by atoms with van der Waals surface area (Å²) in [6.45, 7) is 7.80. The largest absolute Gasteiger partial charge is 0.489 e. The molecule has 0 unspecified atom stereocenters. The van der Waals surface area contributed by atoms with E-state index in [2.05, 4.69) is 47.1 Å². The van der Waals surface area contributed by atoms with Gasteiger partial charge >= 0.3 is 0 Å². The van der Waals surface area contributed by atoms with Crippen molar-refractivity contribution < 1.29 is 9.53 Å². The summed E-state index contributed by atoms with van der Waals surface area (Å²) in [7, 11) is 0. The van der Waals surface area contributed by atoms with Gasteiger partial charge in [-0.2, -0.15) is 0 Å². The first-order valence-electron chi connectivity index (χ1n) is 10.8. The van der Waals surface area contributed by atoms with Gasteiger partial charge in [0.2, 0.25) is 0 Å². The lowest BCUT2D eigenvalue weighted by Crippen LogP contribution is -2.26. The number of carbonyl (C=O) groups excluding carboxylic acids is 1. The van der Waals surface area contributed by atoms with Gasteiger partial charge in [-0.05, 0) is 55.5 Å². The maximum atomic E-state index is 11.3. The first kappa shape index (κ1) is 19.7. The molecule has 154 valence electrons. The minimum absolute atomic E-state index is 0.174. The number of hydrogen-bond donors (Lipinski definition) is 0. The van der Waals surface area contributed by atoms with E-state index in [9.17, 15) is 4.79 Å². The number of aromatic nitrogens is 1. The van der Waals surface area contributed by atoms with Crippen molar-refractivity contribution in [3.8, 4) is 5.75 Å². The number of benzene rings is 1. The standard InChI is InChI=1S/C24H31N3O2/c1-18(16-19(2)28)20-8-10-21(11-9-20)29-22-12-15-27(17-22)24-7-5-6-23(25-24)26-13-3-4-14-26/h5-11,18,22H,3-4,12-17H2,1-2H3/t18-,22-/m1/s1. The molecule has 4 rings (SSSR count). The van der Waals surface area contributed by atoms with Gasteiger partial charge in [-0.3, -0.25) is 0 Å². The Morgan fingerprint density at radius 3 is 2.45 bits per heavy atom. The fourth-order valence-corrected chi connectivity index (χ4v) is 4.36. The molecular weight excluding hydrogens is 362 g/mol. The summed E-state index contributed by atoms with van der Waals surface area (Å²) in [5, 5.41) is 0. The number of anilines is 2. The molecular formula is C24H31N3O2. The summed E-state index contributed by atoms with van der Waals surface area (Å²) in [4.78, 5) is 20.9. The predicted octanol–water partition coefficient (Wildman–Crippen LogP) is 4.42. The average Bonchev–Trinajstić information content (AvgIpc) is 3.40. The molecule has 2 aromatic rings. The summed E-state index contributed by atoms with van der Waals surface area (Å²) in [6, 6.07) is 14.6. The average molecular weight is 394 g/mol. The van der Waals surface area contributed by atoms with Crippen molar-refractivity contribution in [1.82, 2.24) is 4.98 Å². The Morgan fingerprint density at radius 1 is 1.07 bits per heavy atom. The third-order valence-electron chi connectivity index (χ3n) is 5.96. The van der Waals surface area contributed by atoms with Crippen LogP contribution >= 0.6 is 0 Å². The van der Waals surface area contributed by atoms with Crippen molar-refractivity contribution in [3.63, 3.8) is 0 Å². The number of ketones is 1. The number of carbonyl (C=O) groups is 1. The summed E-state index contributed by atoms with van der Waals surface area (Å²) >= 11 is 0. The second kappa shape index (κ2) is 8.85. The van der Waals surface area contributed by atoms with Gasteiger partial charge in [0.05, 0.1) is 6.54 Å². The molecule has 29 heavy (non-hydrogen) atoms. The molecule has 0 bridgehead atoms. The quantitative estimate of drug-likeness (QED) is 0.697. The van der Waals surface area contributed by atoms with E-state index in [0.29, 0.717) is 6.42 Å². The van der Waals surface area contributed by atoms with Crippen LogP contribution in [0.5, 0.6) is 5.75 Å². The van der Waals surface area contributed by atoms with Gasteiger partial charge in [-0.15, -0.1) is 0 Å². The van der Waals surface area contributed by atoms with Crippen molar-refractivity contribution in [2.24, 2.45) is 0 Å². The Morgan fingerprint density at radius 2 is 1.76 bits per heavy atom. The molecule has 2 saturated heterocycles. The van der Waals surface area contributed by atoms with Crippen molar-refractivity contribution in [3.05, 3.63) is 48.0 Å². The van der Waals surface area contributed by atoms with E-state index in [1.807, 2.05) is 12.1 Å². The lowest BCUT2D eigenvalue weighted by molar-refractivity contribution is -0.117. The fourth-order valence-electron chi connectivity index (χ4n) is 4.36. The van der Waals surface area contributed by atoms with Crippen LogP contribution in [0.3, 0.4) is 0 Å². The Hall–Kier alpha value is -2.56. The second-order valence-corrected chi connectivity index (χ2v) is 8.40. The fraction of sp³-hybridized carbons (Fsp3) is 0.500. The van der Waals surface area contributed by atoms with Crippen LogP contribution < -0.4 is 14.5 Å². The Balaban J connectivity index is 1.34. The molecule has 2 fully saturated rings. The number of Topliss-reactive ketones (excluding diaryl/α,β-unsaturated/α-hetero) is 1. The van der Waals surface area contributed by atoms with Crippen LogP contribution in [-0.2, 0) is 4.79 Å². The Labute approximate surface area is 173 Å². The topological polar surface area (TPSA) is 45.7 Å². The lowest BCUT2D eigenvalue weighted by atomic mass is 9.96. The zero-order chi connectivity index (χ0) is 20.2. The molecule has 2 atom stereocenters. The van der Waals surface area contributed by atoms with E-state index in [1.165, 1.54) is 18.4 Å². The molecule has 2 aliphatic rings. The number of nitrogens with zero attached hydrogens (tertiary/aromatic N) is 3. The summed E-state index contributed by atoms with van der Waals surface area (Å²) in [5.41, 5.74) is 1.18. The minimum atomic E-state index is 0.174. The lowest BCUT2D eigenvalue weighted by Gasteiger charge is -2.21. The molecule has 1 aromatic heterocycles. The van der Waals surface area contributed by atoms with Gasteiger partial charge in [0, 0.05) is 32.5 Å². The molecule has 0 saturated carbocycles. The maximum Gasteiger partial charge on any atom is 0.131 e. The number of hydrogen-bond acceptors (Lipinski definition) is 5. The van der Waals surface area contributed by atoms with Crippen LogP contribution in [-0.4, -0.2) is 43.1 Å². The van der Waals surface area contributed by atoms with Crippen molar-refractivity contribution in [2.75, 3.05) is 36.0 Å². The monoisotopic (exact) mass is 393 g/mol. The Bertz CT molecular complexity index is 830. The van der Waals surface area contributed by atoms with Gasteiger partial charge in [0.15, 0.2) is 0 Å². The van der Waals surface area contributed by atoms with E-state index < -0.39 is 0 Å². The number of rotatable bonds is 7. The molecule has 5 heteroatoms. The van der Waals surface area contributed by atoms with E-state index in [-0.39, 0.29) is 17.8 Å². The molecule has 5 nitrogen and oxygen atoms in total. The van der Waals surface area contributed by atoms with Crippen molar-refractivity contribution >= 4 is 17.4 Å². The molecule has 0 radical (unpaired) electrons. The highest BCUT2D eigenvalue weighted by Gasteiger charge is 2.26. The van der Waals surface area contributed by atoms with Gasteiger partial charge < -0.3 is 19.3 Å². The molecule has 3 heterocycles. The molecule has 2 aliphatic heterocycles. The van der Waals surface area contributed by atoms with E-state index in [1.54, 1.807) is 6.92 Å². The molecule has 0 N–H and O–H groups in total. The van der Waals surface area contributed by atoms with Gasteiger partial charge in [0.1, 0.15) is 29.3 Å². The van der Waals surface area contributed by atoms with Crippen LogP contribution in [0.2, 0.25) is 0 Å². The van der Waals surface area contributed by atoms with Gasteiger partial charge in [0.25, 0.3) is 0 Å². The molecule has 0 amide bonds. The third kappa shape index (κ3) is 4.89. The second-order valence-electron chi connectivity index (χ2n) is 8.40. The molecule has 0 aliphatic carbocycles. The van der Waals surface area contributed by atoms with E-state index >= 15 is 0 Å². The summed E-state index contributed by atoms with van der Waals surface area (Å²) in [6.07, 6.45) is 4.28. The number of pyridine rings is 1. The van der Waals surface area contributed by atoms with Gasteiger partial charge in [-0.25, -0.2) is 4.98 Å². The van der Waals surface area contributed by atoms with Crippen LogP contribution in [0, 0.1) is 0 Å². The highest BCUT2D eigenvalue weighted by Crippen LogP contribution is 2.27. The van der Waals surface area contributed by atoms with Crippen molar-refractivity contribution in [1.29, 1.82) is 0 Å². The minimum Gasteiger partial charge on any atom is -0.489 e. The Kier molecular flexibility index (Phi) is 6.02. The highest BCUT2D eigenvalue weighted by molar-refractivity contribution is 5.76. The summed E-state index contributed by atoms with van der Waals surface area (Å²) < 4.78 is 6.23. The van der Waals surface area contributed by atoms with Crippen molar-refractivity contribution in [2.45, 2.75) is 51.6 Å². The molecule has 1 aromatic carbocycles. The number of ether oxygens (including phenoxy) is 1. The smallest absolute Gasteiger partial charge is 0.131 e. The van der Waals surface area contributed by atoms with E-state index in [4.69, 9.17) is 9.72 Å². The maximum absolute atomic E-state index is 11.3. The highest BCUT2D eigenvalue weighted by atomic mass is 16.5. The van der Waals surface area contributed by atoms with E-state index in [0.717, 1.165) is 50.0 Å². The van der Waals surface area contributed by atoms with Crippen LogP contribution in [0.15, 0.2) is 42.5 Å². The molecule has 0 spiro atoms. The normalized spacial score (nSPS) is 20.1. The zero-order valence-corrected chi connectivity index (χ0v) is 17.5. The van der Waals surface area contributed by atoms with Crippen LogP contribution in [0.1, 0.15) is 51.0 Å². The zero-order valence-electron chi connectivity index (χ0n) is 17.5. The van der Waals surface area contributed by atoms with Crippen LogP contribution in [0.25, 0.3) is 0 Å². The van der Waals surface area contributed by atoms with Gasteiger partial charge in [-0.1, -0.05) is 25.1 Å². The SMILES string of the molecule is CC(=O)C[C@@H](C)c1ccc(O[C@@H]2CCN(c3cccc(N4CCCC4)n3)C2)cc1. The third-order valence-corrected chi connectivity index (χ3v) is 5.96. The van der Waals surface area contributed by atoms with Crippen LogP contribution in [0.4, 0.5) is 11.6 Å². The first-order chi connectivity index (χ1) is 14.1.